The molecule has 1 rings (SSSR count). The molecule has 0 saturated heterocycles. The number of rotatable bonds is 1. The highest BCUT2D eigenvalue weighted by molar-refractivity contribution is 6.30. The zero-order valence-electron chi connectivity index (χ0n) is 7.49. The highest BCUT2D eigenvalue weighted by Gasteiger charge is 2.08. The van der Waals surface area contributed by atoms with E-state index in [-0.39, 0.29) is 17.6 Å². The van der Waals surface area contributed by atoms with Crippen LogP contribution in [-0.2, 0) is 0 Å². The summed E-state index contributed by atoms with van der Waals surface area (Å²) in [5.41, 5.74) is 5.80. The first kappa shape index (κ1) is 10.6. The van der Waals surface area contributed by atoms with Gasteiger partial charge in [-0.15, -0.1) is 0 Å². The van der Waals surface area contributed by atoms with Crippen LogP contribution in [0.5, 0.6) is 5.88 Å². The minimum absolute atomic E-state index is 0.108. The fraction of sp³-hybridized carbons (Fsp3) is 0.143. The topological polar surface area (TPSA) is 101 Å². The van der Waals surface area contributed by atoms with Gasteiger partial charge in [-0.25, -0.2) is 16.2 Å². The van der Waals surface area contributed by atoms with E-state index < -0.39 is 0 Å². The van der Waals surface area contributed by atoms with Gasteiger partial charge in [-0.2, -0.15) is 0 Å². The highest BCUT2D eigenvalue weighted by Crippen LogP contribution is 2.21. The van der Waals surface area contributed by atoms with Crippen molar-refractivity contribution in [1.29, 1.82) is 5.41 Å². The molecule has 0 aromatic carbocycles. The third kappa shape index (κ3) is 2.48. The second-order valence-electron chi connectivity index (χ2n) is 2.57. The Kier molecular flexibility index (Phi) is 3.10. The molecular weight excluding hydrogens is 206 g/mol. The van der Waals surface area contributed by atoms with E-state index in [1.807, 2.05) is 0 Å². The lowest BCUT2D eigenvalue weighted by molar-refractivity contribution is 0.385. The van der Waals surface area contributed by atoms with Crippen molar-refractivity contribution in [2.45, 2.75) is 0 Å². The Morgan fingerprint density at radius 3 is 2.86 bits per heavy atom. The predicted molar refractivity (Wildman–Crippen MR) is 54.0 cm³/mol. The maximum Gasteiger partial charge on any atom is 0.305 e. The summed E-state index contributed by atoms with van der Waals surface area (Å²) in [5, 5.41) is 8.68. The van der Waals surface area contributed by atoms with Gasteiger partial charge < -0.3 is 10.5 Å². The standard InChI is InChI=1S/C7H10ClN5O/c1-13(11)7(10)14-6-5(9)2-4(8)3-12-6/h2-3,10H,9,11H2,1H3. The minimum Gasteiger partial charge on any atom is -0.404 e. The minimum atomic E-state index is -0.258. The summed E-state index contributed by atoms with van der Waals surface area (Å²) in [6.45, 7) is 0. The van der Waals surface area contributed by atoms with Crippen LogP contribution in [0.4, 0.5) is 5.69 Å². The van der Waals surface area contributed by atoms with Crippen LogP contribution in [0, 0.1) is 5.41 Å². The number of nitrogens with two attached hydrogens (primary N) is 2. The quantitative estimate of drug-likeness (QED) is 0.273. The first-order valence-electron chi connectivity index (χ1n) is 3.66. The molecule has 76 valence electrons. The third-order valence-electron chi connectivity index (χ3n) is 1.36. The number of aromatic nitrogens is 1. The molecule has 6 nitrogen and oxygen atoms in total. The number of halogens is 1. The van der Waals surface area contributed by atoms with Crippen molar-refractivity contribution in [1.82, 2.24) is 9.99 Å². The Morgan fingerprint density at radius 1 is 1.71 bits per heavy atom. The van der Waals surface area contributed by atoms with Gasteiger partial charge in [0.1, 0.15) is 0 Å². The van der Waals surface area contributed by atoms with Crippen molar-refractivity contribution in [3.8, 4) is 5.88 Å². The fourth-order valence-electron chi connectivity index (χ4n) is 0.691. The number of hydrogen-bond donors (Lipinski definition) is 3. The molecule has 0 aliphatic heterocycles. The van der Waals surface area contributed by atoms with Gasteiger partial charge in [0.2, 0.25) is 5.88 Å². The van der Waals surface area contributed by atoms with E-state index in [1.54, 1.807) is 0 Å². The molecule has 0 radical (unpaired) electrons. The van der Waals surface area contributed by atoms with E-state index in [1.165, 1.54) is 19.3 Å². The Hall–Kier alpha value is -1.53. The van der Waals surface area contributed by atoms with Crippen LogP contribution in [0.3, 0.4) is 0 Å². The number of anilines is 1. The molecular formula is C7H10ClN5O. The summed E-state index contributed by atoms with van der Waals surface area (Å²) < 4.78 is 4.95. The predicted octanol–water partition coefficient (Wildman–Crippen LogP) is 0.436. The van der Waals surface area contributed by atoms with Crippen molar-refractivity contribution < 1.29 is 4.74 Å². The molecule has 0 aliphatic carbocycles. The van der Waals surface area contributed by atoms with E-state index in [2.05, 4.69) is 4.98 Å². The van der Waals surface area contributed by atoms with Gasteiger partial charge in [-0.05, 0) is 6.07 Å². The molecule has 0 unspecified atom stereocenters. The van der Waals surface area contributed by atoms with Crippen molar-refractivity contribution in [3.05, 3.63) is 17.3 Å². The second kappa shape index (κ2) is 4.12. The second-order valence-corrected chi connectivity index (χ2v) is 3.00. The van der Waals surface area contributed by atoms with Gasteiger partial charge in [0.05, 0.1) is 10.7 Å². The van der Waals surface area contributed by atoms with Crippen molar-refractivity contribution in [2.24, 2.45) is 5.84 Å². The smallest absolute Gasteiger partial charge is 0.305 e. The number of ether oxygens (including phenoxy) is 1. The first-order chi connectivity index (χ1) is 6.50. The molecule has 1 aromatic heterocycles. The number of hydrazine groups is 1. The summed E-state index contributed by atoms with van der Waals surface area (Å²) in [6.07, 6.45) is 1.37. The molecule has 5 N–H and O–H groups in total. The highest BCUT2D eigenvalue weighted by atomic mass is 35.5. The number of nitrogen functional groups attached to an aromatic ring is 1. The molecule has 7 heteroatoms. The molecule has 1 heterocycles. The van der Waals surface area contributed by atoms with E-state index in [4.69, 9.17) is 33.3 Å². The number of amidine groups is 1. The van der Waals surface area contributed by atoms with Crippen LogP contribution >= 0.6 is 11.6 Å². The molecule has 14 heavy (non-hydrogen) atoms. The lowest BCUT2D eigenvalue weighted by Crippen LogP contribution is -2.36. The van der Waals surface area contributed by atoms with Gasteiger partial charge in [0.25, 0.3) is 0 Å². The summed E-state index contributed by atoms with van der Waals surface area (Å²) in [6, 6.07) is 1.22. The summed E-state index contributed by atoms with van der Waals surface area (Å²) >= 11 is 5.63. The molecule has 0 atom stereocenters. The van der Waals surface area contributed by atoms with Gasteiger partial charge in [0, 0.05) is 13.2 Å². The number of hydrogen-bond acceptors (Lipinski definition) is 5. The number of nitrogens with zero attached hydrogens (tertiary/aromatic N) is 2. The molecule has 1 aromatic rings. The third-order valence-corrected chi connectivity index (χ3v) is 1.57. The molecule has 0 spiro atoms. The molecule has 0 fully saturated rings. The van der Waals surface area contributed by atoms with Gasteiger partial charge in [-0.3, -0.25) is 5.01 Å². The average molecular weight is 216 g/mol. The fourth-order valence-corrected chi connectivity index (χ4v) is 0.858. The van der Waals surface area contributed by atoms with Crippen LogP contribution in [0.25, 0.3) is 0 Å². The van der Waals surface area contributed by atoms with E-state index in [9.17, 15) is 0 Å². The van der Waals surface area contributed by atoms with Crippen molar-refractivity contribution >= 4 is 23.3 Å². The van der Waals surface area contributed by atoms with Crippen LogP contribution in [0.2, 0.25) is 5.02 Å². The lowest BCUT2D eigenvalue weighted by atomic mass is 10.4. The SMILES string of the molecule is CN(N)C(=N)Oc1ncc(Cl)cc1N. The number of nitrogens with one attached hydrogen (secondary N) is 1. The molecule has 0 aliphatic rings. The van der Waals surface area contributed by atoms with Crippen molar-refractivity contribution in [2.75, 3.05) is 12.8 Å². The van der Waals surface area contributed by atoms with Crippen LogP contribution in [0.15, 0.2) is 12.3 Å². The van der Waals surface area contributed by atoms with Crippen LogP contribution in [-0.4, -0.2) is 23.1 Å². The summed E-state index contributed by atoms with van der Waals surface area (Å²) in [4.78, 5) is 3.80. The monoisotopic (exact) mass is 215 g/mol. The zero-order chi connectivity index (χ0) is 10.7. The molecule has 0 bridgehead atoms. The Morgan fingerprint density at radius 2 is 2.36 bits per heavy atom. The molecule has 0 saturated carbocycles. The van der Waals surface area contributed by atoms with Crippen LogP contribution < -0.4 is 16.3 Å². The van der Waals surface area contributed by atoms with Gasteiger partial charge >= 0.3 is 6.02 Å². The first-order valence-corrected chi connectivity index (χ1v) is 4.04. The van der Waals surface area contributed by atoms with E-state index >= 15 is 0 Å². The van der Waals surface area contributed by atoms with Gasteiger partial charge in [-0.1, -0.05) is 11.6 Å². The van der Waals surface area contributed by atoms with Crippen molar-refractivity contribution in [3.63, 3.8) is 0 Å². The largest absolute Gasteiger partial charge is 0.404 e. The maximum atomic E-state index is 7.28. The zero-order valence-corrected chi connectivity index (χ0v) is 8.25. The normalized spacial score (nSPS) is 9.64. The maximum absolute atomic E-state index is 7.28. The summed E-state index contributed by atoms with van der Waals surface area (Å²) in [7, 11) is 1.47. The lowest BCUT2D eigenvalue weighted by Gasteiger charge is -2.13. The van der Waals surface area contributed by atoms with Gasteiger partial charge in [0.15, 0.2) is 0 Å². The Bertz CT molecular complexity index is 354. The summed E-state index contributed by atoms with van der Waals surface area (Å²) in [5.74, 6) is 5.36. The Labute approximate surface area is 85.9 Å². The average Bonchev–Trinajstić information content (AvgIpc) is 2.09. The van der Waals surface area contributed by atoms with E-state index in [0.29, 0.717) is 5.02 Å². The Balaban J connectivity index is 2.82. The van der Waals surface area contributed by atoms with Crippen LogP contribution in [0.1, 0.15) is 0 Å². The molecule has 0 amide bonds. The number of pyridine rings is 1. The van der Waals surface area contributed by atoms with E-state index in [0.717, 1.165) is 5.01 Å².